The van der Waals surface area contributed by atoms with Crippen molar-refractivity contribution in [3.8, 4) is 11.8 Å². The monoisotopic (exact) mass is 214 g/mol. The van der Waals surface area contributed by atoms with Crippen LogP contribution in [0.3, 0.4) is 0 Å². The Kier molecular flexibility index (Phi) is 3.03. The molecule has 16 heavy (non-hydrogen) atoms. The van der Waals surface area contributed by atoms with Crippen molar-refractivity contribution in [3.05, 3.63) is 35.9 Å². The summed E-state index contributed by atoms with van der Waals surface area (Å²) in [6, 6.07) is 10.1. The van der Waals surface area contributed by atoms with E-state index in [0.29, 0.717) is 12.0 Å². The third-order valence-corrected chi connectivity index (χ3v) is 3.22. The van der Waals surface area contributed by atoms with Crippen LogP contribution in [-0.4, -0.2) is 12.7 Å². The SMILES string of the molecule is CCOC1C(C#Cc2ccccc2)C1(C)C. The van der Waals surface area contributed by atoms with Gasteiger partial charge in [0, 0.05) is 17.6 Å². The molecular weight excluding hydrogens is 196 g/mol. The Balaban J connectivity index is 2.05. The Morgan fingerprint density at radius 1 is 1.25 bits per heavy atom. The molecule has 0 radical (unpaired) electrons. The van der Waals surface area contributed by atoms with Gasteiger partial charge in [-0.2, -0.15) is 0 Å². The van der Waals surface area contributed by atoms with Crippen molar-refractivity contribution in [2.24, 2.45) is 11.3 Å². The van der Waals surface area contributed by atoms with Gasteiger partial charge in [-0.15, -0.1) is 0 Å². The molecule has 0 bridgehead atoms. The quantitative estimate of drug-likeness (QED) is 0.687. The molecule has 0 spiro atoms. The highest BCUT2D eigenvalue weighted by atomic mass is 16.5. The lowest BCUT2D eigenvalue weighted by Crippen LogP contribution is -2.00. The molecule has 1 heteroatoms. The van der Waals surface area contributed by atoms with E-state index in [1.807, 2.05) is 37.3 Å². The molecule has 0 amide bonds. The summed E-state index contributed by atoms with van der Waals surface area (Å²) in [4.78, 5) is 0. The Bertz CT molecular complexity index is 408. The standard InChI is InChI=1S/C15H18O/c1-4-16-14-13(15(14,2)3)11-10-12-8-6-5-7-9-12/h5-9,13-14H,4H2,1-3H3. The predicted octanol–water partition coefficient (Wildman–Crippen LogP) is 3.10. The van der Waals surface area contributed by atoms with Crippen molar-refractivity contribution in [1.82, 2.24) is 0 Å². The normalized spacial score (nSPS) is 25.7. The molecule has 0 aliphatic heterocycles. The van der Waals surface area contributed by atoms with Gasteiger partial charge in [0.15, 0.2) is 0 Å². The molecule has 0 saturated heterocycles. The fourth-order valence-electron chi connectivity index (χ4n) is 2.03. The van der Waals surface area contributed by atoms with Gasteiger partial charge in [0.1, 0.15) is 0 Å². The lowest BCUT2D eigenvalue weighted by Gasteiger charge is -1.99. The minimum atomic E-state index is 0.220. The van der Waals surface area contributed by atoms with E-state index in [2.05, 4.69) is 25.7 Å². The number of rotatable bonds is 2. The molecule has 0 N–H and O–H groups in total. The van der Waals surface area contributed by atoms with Gasteiger partial charge in [-0.3, -0.25) is 0 Å². The lowest BCUT2D eigenvalue weighted by molar-refractivity contribution is 0.105. The van der Waals surface area contributed by atoms with Crippen LogP contribution in [-0.2, 0) is 4.74 Å². The summed E-state index contributed by atoms with van der Waals surface area (Å²) in [7, 11) is 0. The molecule has 2 unspecified atom stereocenters. The molecule has 0 aromatic heterocycles. The average molecular weight is 214 g/mol. The first-order valence-corrected chi connectivity index (χ1v) is 5.84. The number of hydrogen-bond donors (Lipinski definition) is 0. The fourth-order valence-corrected chi connectivity index (χ4v) is 2.03. The van der Waals surface area contributed by atoms with Crippen LogP contribution in [0.5, 0.6) is 0 Å². The zero-order valence-electron chi connectivity index (χ0n) is 10.2. The summed E-state index contributed by atoms with van der Waals surface area (Å²) in [5.74, 6) is 6.93. The molecular formula is C15H18O. The van der Waals surface area contributed by atoms with Gasteiger partial charge in [0.25, 0.3) is 0 Å². The first-order chi connectivity index (χ1) is 7.66. The van der Waals surface area contributed by atoms with Gasteiger partial charge in [-0.25, -0.2) is 0 Å². The van der Waals surface area contributed by atoms with Gasteiger partial charge < -0.3 is 4.74 Å². The van der Waals surface area contributed by atoms with E-state index in [9.17, 15) is 0 Å². The molecule has 1 saturated carbocycles. The highest BCUT2D eigenvalue weighted by molar-refractivity contribution is 5.37. The highest BCUT2D eigenvalue weighted by Gasteiger charge is 2.58. The van der Waals surface area contributed by atoms with Gasteiger partial charge in [-0.05, 0) is 19.1 Å². The Morgan fingerprint density at radius 3 is 2.56 bits per heavy atom. The van der Waals surface area contributed by atoms with Crippen LogP contribution in [0, 0.1) is 23.2 Å². The van der Waals surface area contributed by atoms with Crippen LogP contribution in [0.15, 0.2) is 30.3 Å². The number of ether oxygens (including phenoxy) is 1. The molecule has 1 nitrogen and oxygen atoms in total. The predicted molar refractivity (Wildman–Crippen MR) is 66.0 cm³/mol. The van der Waals surface area contributed by atoms with E-state index in [1.54, 1.807) is 0 Å². The molecule has 1 aromatic rings. The second kappa shape index (κ2) is 4.31. The van der Waals surface area contributed by atoms with Crippen LogP contribution in [0.2, 0.25) is 0 Å². The maximum Gasteiger partial charge on any atom is 0.0782 e. The van der Waals surface area contributed by atoms with Crippen LogP contribution in [0.4, 0.5) is 0 Å². The minimum absolute atomic E-state index is 0.220. The van der Waals surface area contributed by atoms with E-state index in [-0.39, 0.29) is 5.41 Å². The van der Waals surface area contributed by atoms with Crippen LogP contribution in [0.1, 0.15) is 26.3 Å². The maximum absolute atomic E-state index is 5.67. The molecule has 1 fully saturated rings. The zero-order chi connectivity index (χ0) is 11.6. The van der Waals surface area contributed by atoms with E-state index in [4.69, 9.17) is 4.74 Å². The smallest absolute Gasteiger partial charge is 0.0782 e. The fraction of sp³-hybridized carbons (Fsp3) is 0.467. The van der Waals surface area contributed by atoms with E-state index in [0.717, 1.165) is 12.2 Å². The Labute approximate surface area is 97.8 Å². The summed E-state index contributed by atoms with van der Waals surface area (Å²) in [6.45, 7) is 7.25. The number of hydrogen-bond acceptors (Lipinski definition) is 1. The molecule has 1 aromatic carbocycles. The molecule has 84 valence electrons. The number of benzene rings is 1. The van der Waals surface area contributed by atoms with Gasteiger partial charge in [0.05, 0.1) is 12.0 Å². The Morgan fingerprint density at radius 2 is 1.94 bits per heavy atom. The summed E-state index contributed by atoms with van der Waals surface area (Å²) >= 11 is 0. The zero-order valence-corrected chi connectivity index (χ0v) is 10.2. The van der Waals surface area contributed by atoms with Crippen molar-refractivity contribution in [2.75, 3.05) is 6.61 Å². The first kappa shape index (κ1) is 11.2. The first-order valence-electron chi connectivity index (χ1n) is 5.84. The molecule has 2 rings (SSSR count). The van der Waals surface area contributed by atoms with Crippen molar-refractivity contribution in [3.63, 3.8) is 0 Å². The van der Waals surface area contributed by atoms with E-state index >= 15 is 0 Å². The van der Waals surface area contributed by atoms with E-state index in [1.165, 1.54) is 0 Å². The van der Waals surface area contributed by atoms with E-state index < -0.39 is 0 Å². The molecule has 0 heterocycles. The lowest BCUT2D eigenvalue weighted by atomic mass is 10.1. The summed E-state index contributed by atoms with van der Waals surface area (Å²) in [5.41, 5.74) is 1.30. The van der Waals surface area contributed by atoms with Crippen molar-refractivity contribution in [1.29, 1.82) is 0 Å². The maximum atomic E-state index is 5.67. The van der Waals surface area contributed by atoms with Gasteiger partial charge >= 0.3 is 0 Å². The van der Waals surface area contributed by atoms with Crippen molar-refractivity contribution in [2.45, 2.75) is 26.9 Å². The second-order valence-corrected chi connectivity index (χ2v) is 4.81. The molecule has 2 atom stereocenters. The Hall–Kier alpha value is -1.26. The second-order valence-electron chi connectivity index (χ2n) is 4.81. The average Bonchev–Trinajstić information content (AvgIpc) is 2.79. The van der Waals surface area contributed by atoms with Crippen molar-refractivity contribution < 1.29 is 4.74 Å². The van der Waals surface area contributed by atoms with Crippen molar-refractivity contribution >= 4 is 0 Å². The summed E-state index contributed by atoms with van der Waals surface area (Å²) in [6.07, 6.45) is 0.314. The minimum Gasteiger partial charge on any atom is -0.377 e. The summed E-state index contributed by atoms with van der Waals surface area (Å²) in [5, 5.41) is 0. The highest BCUT2D eigenvalue weighted by Crippen LogP contribution is 2.53. The third-order valence-electron chi connectivity index (χ3n) is 3.22. The third kappa shape index (κ3) is 2.13. The largest absolute Gasteiger partial charge is 0.377 e. The topological polar surface area (TPSA) is 9.23 Å². The van der Waals surface area contributed by atoms with Gasteiger partial charge in [0.2, 0.25) is 0 Å². The molecule has 1 aliphatic carbocycles. The van der Waals surface area contributed by atoms with Gasteiger partial charge in [-0.1, -0.05) is 43.9 Å². The van der Waals surface area contributed by atoms with Crippen LogP contribution < -0.4 is 0 Å². The van der Waals surface area contributed by atoms with Crippen LogP contribution in [0.25, 0.3) is 0 Å². The molecule has 1 aliphatic rings. The van der Waals surface area contributed by atoms with Crippen LogP contribution >= 0.6 is 0 Å². The summed E-state index contributed by atoms with van der Waals surface area (Å²) < 4.78 is 5.67.